The zero-order valence-electron chi connectivity index (χ0n) is 10.4. The summed E-state index contributed by atoms with van der Waals surface area (Å²) in [6, 6.07) is -0.427. The number of rotatable bonds is 6. The normalized spacial score (nSPS) is 9.59. The number of nitrogens with zero attached hydrogens (tertiary/aromatic N) is 2. The summed E-state index contributed by atoms with van der Waals surface area (Å²) in [5, 5.41) is 11.0. The van der Waals surface area contributed by atoms with E-state index in [2.05, 4.69) is 5.32 Å². The van der Waals surface area contributed by atoms with E-state index in [4.69, 9.17) is 5.11 Å². The third-order valence-electron chi connectivity index (χ3n) is 2.15. The summed E-state index contributed by atoms with van der Waals surface area (Å²) in [4.78, 5) is 35.9. The van der Waals surface area contributed by atoms with E-state index in [9.17, 15) is 14.4 Å². The van der Waals surface area contributed by atoms with E-state index in [1.807, 2.05) is 0 Å². The fourth-order valence-corrected chi connectivity index (χ4v) is 1.06. The van der Waals surface area contributed by atoms with Gasteiger partial charge in [0.25, 0.3) is 0 Å². The molecule has 0 aliphatic carbocycles. The Kier molecular flexibility index (Phi) is 6.69. The maximum Gasteiger partial charge on any atom is 0.317 e. The van der Waals surface area contributed by atoms with Crippen LogP contribution in [0.2, 0.25) is 0 Å². The van der Waals surface area contributed by atoms with Crippen LogP contribution in [0.1, 0.15) is 13.3 Å². The number of amides is 3. The van der Waals surface area contributed by atoms with E-state index in [1.54, 1.807) is 21.0 Å². The average molecular weight is 245 g/mol. The average Bonchev–Trinajstić information content (AvgIpc) is 2.25. The number of likely N-dealkylation sites (N-methyl/N-ethyl adjacent to an activating group) is 1. The van der Waals surface area contributed by atoms with Gasteiger partial charge in [-0.1, -0.05) is 0 Å². The number of carbonyl (C=O) groups is 3. The van der Waals surface area contributed by atoms with E-state index in [0.717, 1.165) is 0 Å². The lowest BCUT2D eigenvalue weighted by atomic mass is 10.4. The van der Waals surface area contributed by atoms with Gasteiger partial charge in [-0.3, -0.25) is 9.59 Å². The molecule has 98 valence electrons. The first-order valence-electron chi connectivity index (χ1n) is 5.33. The largest absolute Gasteiger partial charge is 0.481 e. The van der Waals surface area contributed by atoms with Gasteiger partial charge in [-0.15, -0.1) is 0 Å². The second-order valence-corrected chi connectivity index (χ2v) is 3.67. The Morgan fingerprint density at radius 2 is 1.82 bits per heavy atom. The predicted molar refractivity (Wildman–Crippen MR) is 61.6 cm³/mol. The molecule has 0 bridgehead atoms. The summed E-state index contributed by atoms with van der Waals surface area (Å²) < 4.78 is 0. The molecule has 0 spiro atoms. The number of aliphatic carboxylic acids is 1. The highest BCUT2D eigenvalue weighted by atomic mass is 16.4. The Balaban J connectivity index is 4.08. The lowest BCUT2D eigenvalue weighted by Crippen LogP contribution is -2.44. The lowest BCUT2D eigenvalue weighted by Gasteiger charge is -2.20. The van der Waals surface area contributed by atoms with Gasteiger partial charge in [0, 0.05) is 27.2 Å². The van der Waals surface area contributed by atoms with E-state index in [-0.39, 0.29) is 25.4 Å². The number of carboxylic acids is 1. The van der Waals surface area contributed by atoms with Gasteiger partial charge in [0.15, 0.2) is 0 Å². The second kappa shape index (κ2) is 7.48. The fraction of sp³-hybridized carbons (Fsp3) is 0.700. The molecule has 0 fully saturated rings. The van der Waals surface area contributed by atoms with Gasteiger partial charge in [-0.05, 0) is 6.92 Å². The van der Waals surface area contributed by atoms with Crippen molar-refractivity contribution in [3.05, 3.63) is 0 Å². The maximum atomic E-state index is 11.6. The molecule has 0 saturated carbocycles. The van der Waals surface area contributed by atoms with Crippen molar-refractivity contribution in [3.63, 3.8) is 0 Å². The first-order chi connectivity index (χ1) is 7.88. The van der Waals surface area contributed by atoms with Crippen LogP contribution in [0.4, 0.5) is 4.79 Å². The monoisotopic (exact) mass is 245 g/mol. The van der Waals surface area contributed by atoms with Crippen LogP contribution in [0, 0.1) is 0 Å². The van der Waals surface area contributed by atoms with E-state index >= 15 is 0 Å². The maximum absolute atomic E-state index is 11.6. The predicted octanol–water partition coefficient (Wildman–Crippen LogP) is -0.419. The number of carbonyl (C=O) groups excluding carboxylic acids is 2. The third-order valence-corrected chi connectivity index (χ3v) is 2.15. The summed E-state index contributed by atoms with van der Waals surface area (Å²) in [7, 11) is 3.19. The number of urea groups is 1. The Hall–Kier alpha value is -1.79. The first kappa shape index (κ1) is 15.2. The highest BCUT2D eigenvalue weighted by Gasteiger charge is 2.14. The van der Waals surface area contributed by atoms with E-state index in [0.29, 0.717) is 6.54 Å². The SMILES string of the molecule is CCN(CCC(=O)O)C(=O)NCC(=O)N(C)C. The van der Waals surface area contributed by atoms with Crippen LogP contribution in [0.25, 0.3) is 0 Å². The van der Waals surface area contributed by atoms with Gasteiger partial charge >= 0.3 is 12.0 Å². The molecule has 0 radical (unpaired) electrons. The van der Waals surface area contributed by atoms with Crippen LogP contribution >= 0.6 is 0 Å². The molecule has 3 amide bonds. The minimum absolute atomic E-state index is 0.0879. The third kappa shape index (κ3) is 6.39. The molecule has 0 unspecified atom stereocenters. The highest BCUT2D eigenvalue weighted by Crippen LogP contribution is 1.93. The molecule has 17 heavy (non-hydrogen) atoms. The molecule has 0 saturated heterocycles. The molecular formula is C10H19N3O4. The summed E-state index contributed by atoms with van der Waals surface area (Å²) >= 11 is 0. The van der Waals surface area contributed by atoms with Gasteiger partial charge in [0.1, 0.15) is 0 Å². The van der Waals surface area contributed by atoms with Gasteiger partial charge < -0.3 is 20.2 Å². The molecule has 7 nitrogen and oxygen atoms in total. The molecule has 0 heterocycles. The Morgan fingerprint density at radius 1 is 1.24 bits per heavy atom. The molecule has 0 aliphatic rings. The van der Waals surface area contributed by atoms with E-state index < -0.39 is 12.0 Å². The van der Waals surface area contributed by atoms with Crippen LogP contribution in [0.15, 0.2) is 0 Å². The van der Waals surface area contributed by atoms with Gasteiger partial charge in [-0.25, -0.2) is 4.79 Å². The van der Waals surface area contributed by atoms with Gasteiger partial charge in [0.2, 0.25) is 5.91 Å². The number of nitrogens with one attached hydrogen (secondary N) is 1. The molecule has 0 aromatic heterocycles. The molecular weight excluding hydrogens is 226 g/mol. The molecule has 2 N–H and O–H groups in total. The Morgan fingerprint density at radius 3 is 2.24 bits per heavy atom. The van der Waals surface area contributed by atoms with Crippen LogP contribution in [-0.2, 0) is 9.59 Å². The first-order valence-corrected chi connectivity index (χ1v) is 5.33. The smallest absolute Gasteiger partial charge is 0.317 e. The van der Waals surface area contributed by atoms with Crippen molar-refractivity contribution in [1.82, 2.24) is 15.1 Å². The minimum atomic E-state index is -0.958. The molecule has 7 heteroatoms. The topological polar surface area (TPSA) is 90.0 Å². The van der Waals surface area contributed by atoms with Crippen LogP contribution in [0.5, 0.6) is 0 Å². The minimum Gasteiger partial charge on any atom is -0.481 e. The fourth-order valence-electron chi connectivity index (χ4n) is 1.06. The summed E-state index contributed by atoms with van der Waals surface area (Å²) in [6.45, 7) is 2.19. The zero-order valence-corrected chi connectivity index (χ0v) is 10.4. The number of carboxylic acid groups (broad SMARTS) is 1. The molecule has 0 aromatic rings. The van der Waals surface area contributed by atoms with Crippen molar-refractivity contribution in [2.45, 2.75) is 13.3 Å². The molecule has 0 rings (SSSR count). The van der Waals surface area contributed by atoms with E-state index in [1.165, 1.54) is 9.80 Å². The molecule has 0 aromatic carbocycles. The Labute approximate surface area is 100 Å². The van der Waals surface area contributed by atoms with Crippen LogP contribution in [-0.4, -0.2) is 66.5 Å². The zero-order chi connectivity index (χ0) is 13.4. The number of hydrogen-bond acceptors (Lipinski definition) is 3. The molecule has 0 aliphatic heterocycles. The standard InChI is InChI=1S/C10H19N3O4/c1-4-13(6-5-9(15)16)10(17)11-7-8(14)12(2)3/h4-7H2,1-3H3,(H,11,17)(H,15,16). The van der Waals surface area contributed by atoms with Gasteiger partial charge in [-0.2, -0.15) is 0 Å². The van der Waals surface area contributed by atoms with Gasteiger partial charge in [0.05, 0.1) is 13.0 Å². The quantitative estimate of drug-likeness (QED) is 0.665. The van der Waals surface area contributed by atoms with Crippen LogP contribution < -0.4 is 5.32 Å². The summed E-state index contributed by atoms with van der Waals surface area (Å²) in [5.74, 6) is -1.17. The van der Waals surface area contributed by atoms with Crippen molar-refractivity contribution in [1.29, 1.82) is 0 Å². The summed E-state index contributed by atoms with van der Waals surface area (Å²) in [6.07, 6.45) is -0.108. The van der Waals surface area contributed by atoms with Crippen molar-refractivity contribution in [2.24, 2.45) is 0 Å². The lowest BCUT2D eigenvalue weighted by molar-refractivity contribution is -0.137. The van der Waals surface area contributed by atoms with Crippen molar-refractivity contribution in [3.8, 4) is 0 Å². The number of hydrogen-bond donors (Lipinski definition) is 2. The van der Waals surface area contributed by atoms with Crippen molar-refractivity contribution >= 4 is 17.9 Å². The second-order valence-electron chi connectivity index (χ2n) is 3.67. The van der Waals surface area contributed by atoms with Crippen molar-refractivity contribution in [2.75, 3.05) is 33.7 Å². The Bertz CT molecular complexity index is 291. The molecule has 0 atom stereocenters. The van der Waals surface area contributed by atoms with Crippen molar-refractivity contribution < 1.29 is 19.5 Å². The highest BCUT2D eigenvalue weighted by molar-refractivity contribution is 5.83. The summed E-state index contributed by atoms with van der Waals surface area (Å²) in [5.41, 5.74) is 0. The van der Waals surface area contributed by atoms with Crippen LogP contribution in [0.3, 0.4) is 0 Å².